The minimum Gasteiger partial charge on any atom is -0.459 e. The Bertz CT molecular complexity index is 1420. The molecule has 2 amide bonds. The molecule has 6 heteroatoms. The molecule has 4 aliphatic rings. The van der Waals surface area contributed by atoms with E-state index < -0.39 is 35.0 Å². The van der Waals surface area contributed by atoms with Crippen molar-refractivity contribution in [1.29, 1.82) is 0 Å². The number of nitrogens with zero attached hydrogens (tertiary/aromatic N) is 1. The van der Waals surface area contributed by atoms with Gasteiger partial charge in [0, 0.05) is 5.92 Å². The van der Waals surface area contributed by atoms with Crippen LogP contribution in [0.3, 0.4) is 0 Å². The molecule has 7 rings (SSSR count). The highest BCUT2D eigenvalue weighted by atomic mass is 16.5. The molecular weight excluding hydrogens is 454 g/mol. The Morgan fingerprint density at radius 3 is 1.97 bits per heavy atom. The highest BCUT2D eigenvalue weighted by molar-refractivity contribution is 6.27. The van der Waals surface area contributed by atoms with Gasteiger partial charge in [-0.25, -0.2) is 9.69 Å². The van der Waals surface area contributed by atoms with Gasteiger partial charge in [-0.15, -0.1) is 0 Å². The smallest absolute Gasteiger partial charge is 0.340 e. The van der Waals surface area contributed by atoms with Gasteiger partial charge in [-0.2, -0.15) is 0 Å². The minimum absolute atomic E-state index is 0.144. The van der Waals surface area contributed by atoms with Crippen LogP contribution in [0.25, 0.3) is 0 Å². The summed E-state index contributed by atoms with van der Waals surface area (Å²) in [5, 5.41) is 0. The Balaban J connectivity index is 1.59. The molecular formula is C30H25NO5. The SMILES string of the molecule is CC(=O)C12c3ccccc3C(c3ccccc31)[C@H]1C(=O)N(c3ccccc3C(=O)OC(C)C)C(=O)[C@@H]12. The van der Waals surface area contributed by atoms with E-state index in [1.807, 2.05) is 48.5 Å². The Hall–Kier alpha value is -4.06. The zero-order chi connectivity index (χ0) is 25.4. The molecule has 0 saturated carbocycles. The van der Waals surface area contributed by atoms with Crippen molar-refractivity contribution in [3.8, 4) is 0 Å². The third-order valence-corrected chi connectivity index (χ3v) is 7.88. The number of ketones is 1. The molecule has 1 aliphatic heterocycles. The van der Waals surface area contributed by atoms with Crippen molar-refractivity contribution in [3.63, 3.8) is 0 Å². The fraction of sp³-hybridized carbons (Fsp3) is 0.267. The molecule has 0 unspecified atom stereocenters. The highest BCUT2D eigenvalue weighted by Crippen LogP contribution is 2.64. The second kappa shape index (κ2) is 7.72. The maximum atomic E-state index is 14.3. The summed E-state index contributed by atoms with van der Waals surface area (Å²) in [7, 11) is 0. The molecule has 6 nitrogen and oxygen atoms in total. The van der Waals surface area contributed by atoms with Gasteiger partial charge in [-0.05, 0) is 55.2 Å². The summed E-state index contributed by atoms with van der Waals surface area (Å²) in [6, 6.07) is 21.8. The number of hydrogen-bond donors (Lipinski definition) is 0. The summed E-state index contributed by atoms with van der Waals surface area (Å²) in [6.45, 7) is 4.98. The largest absolute Gasteiger partial charge is 0.459 e. The van der Waals surface area contributed by atoms with Gasteiger partial charge in [-0.1, -0.05) is 60.7 Å². The van der Waals surface area contributed by atoms with Crippen LogP contribution in [-0.4, -0.2) is 29.7 Å². The van der Waals surface area contributed by atoms with Crippen molar-refractivity contribution in [2.45, 2.75) is 38.2 Å². The molecule has 0 spiro atoms. The van der Waals surface area contributed by atoms with Crippen molar-refractivity contribution in [2.75, 3.05) is 4.90 Å². The van der Waals surface area contributed by atoms with Gasteiger partial charge in [0.25, 0.3) is 0 Å². The summed E-state index contributed by atoms with van der Waals surface area (Å²) >= 11 is 0. The lowest BCUT2D eigenvalue weighted by Crippen LogP contribution is -2.57. The van der Waals surface area contributed by atoms with Crippen molar-refractivity contribution in [3.05, 3.63) is 101 Å². The van der Waals surface area contributed by atoms with Crippen LogP contribution in [0.1, 0.15) is 59.3 Å². The summed E-state index contributed by atoms with van der Waals surface area (Å²) in [5.41, 5.74) is 2.45. The van der Waals surface area contributed by atoms with Gasteiger partial charge in [0.05, 0.1) is 34.6 Å². The van der Waals surface area contributed by atoms with Crippen molar-refractivity contribution in [2.24, 2.45) is 11.8 Å². The van der Waals surface area contributed by atoms with E-state index in [-0.39, 0.29) is 29.1 Å². The lowest BCUT2D eigenvalue weighted by atomic mass is 9.46. The molecule has 0 radical (unpaired) electrons. The summed E-state index contributed by atoms with van der Waals surface area (Å²) in [6.07, 6.45) is -0.362. The first-order valence-corrected chi connectivity index (χ1v) is 12.2. The van der Waals surface area contributed by atoms with Crippen molar-refractivity contribution < 1.29 is 23.9 Å². The lowest BCUT2D eigenvalue weighted by molar-refractivity contribution is -0.132. The Kier molecular flexibility index (Phi) is 4.80. The number of amides is 2. The van der Waals surface area contributed by atoms with Crippen LogP contribution >= 0.6 is 0 Å². The molecule has 2 atom stereocenters. The van der Waals surface area contributed by atoms with E-state index in [4.69, 9.17) is 4.74 Å². The van der Waals surface area contributed by atoms with Crippen LogP contribution in [-0.2, 0) is 24.5 Å². The lowest BCUT2D eigenvalue weighted by Gasteiger charge is -2.52. The van der Waals surface area contributed by atoms with E-state index in [9.17, 15) is 19.2 Å². The molecule has 180 valence electrons. The molecule has 0 aromatic heterocycles. The number of carbonyl (C=O) groups excluding carboxylic acids is 4. The topological polar surface area (TPSA) is 80.8 Å². The quantitative estimate of drug-likeness (QED) is 0.410. The third kappa shape index (κ3) is 2.67. The number of rotatable bonds is 4. The van der Waals surface area contributed by atoms with E-state index in [1.165, 1.54) is 6.92 Å². The number of benzene rings is 3. The average molecular weight is 480 g/mol. The van der Waals surface area contributed by atoms with Gasteiger partial charge < -0.3 is 4.74 Å². The second-order valence-electron chi connectivity index (χ2n) is 10.0. The number of Topliss-reactive ketones (excluding diaryl/α,β-unsaturated/α-hetero) is 1. The molecule has 3 aliphatic carbocycles. The number of ether oxygens (including phenoxy) is 1. The number of esters is 1. The Morgan fingerprint density at radius 1 is 0.833 bits per heavy atom. The monoisotopic (exact) mass is 479 g/mol. The molecule has 3 aromatic carbocycles. The number of imide groups is 1. The average Bonchev–Trinajstić information content (AvgIpc) is 3.14. The van der Waals surface area contributed by atoms with Crippen LogP contribution in [0, 0.1) is 11.8 Å². The first kappa shape index (κ1) is 22.4. The third-order valence-electron chi connectivity index (χ3n) is 7.88. The van der Waals surface area contributed by atoms with Crippen LogP contribution < -0.4 is 4.90 Å². The standard InChI is InChI=1S/C30H25NO5/c1-16(2)36-29(35)20-12-6-9-15-23(20)31-27(33)25-24-18-10-4-7-13-21(18)30(17(3)32,26(25)28(31)34)22-14-8-5-11-19(22)24/h4-16,24-26H,1-3H3/t24?,25-,26-,30?/m1/s1. The van der Waals surface area contributed by atoms with Crippen LogP contribution in [0.15, 0.2) is 72.8 Å². The van der Waals surface area contributed by atoms with Crippen LogP contribution in [0.2, 0.25) is 0 Å². The first-order valence-electron chi connectivity index (χ1n) is 12.2. The van der Waals surface area contributed by atoms with Gasteiger partial charge in [0.15, 0.2) is 0 Å². The predicted octanol–water partition coefficient (Wildman–Crippen LogP) is 4.39. The summed E-state index contributed by atoms with van der Waals surface area (Å²) < 4.78 is 5.40. The summed E-state index contributed by atoms with van der Waals surface area (Å²) in [4.78, 5) is 56.1. The van der Waals surface area contributed by atoms with E-state index in [2.05, 4.69) is 0 Å². The number of hydrogen-bond acceptors (Lipinski definition) is 5. The van der Waals surface area contributed by atoms with Gasteiger partial charge >= 0.3 is 5.97 Å². The molecule has 0 N–H and O–H groups in total. The Morgan fingerprint density at radius 2 is 1.39 bits per heavy atom. The fourth-order valence-corrected chi connectivity index (χ4v) is 6.73. The van der Waals surface area contributed by atoms with Crippen LogP contribution in [0.4, 0.5) is 5.69 Å². The van der Waals surface area contributed by atoms with Crippen LogP contribution in [0.5, 0.6) is 0 Å². The van der Waals surface area contributed by atoms with Crippen molar-refractivity contribution in [1.82, 2.24) is 0 Å². The number of para-hydroxylation sites is 1. The van der Waals surface area contributed by atoms with E-state index in [0.29, 0.717) is 0 Å². The maximum Gasteiger partial charge on any atom is 0.340 e. The maximum absolute atomic E-state index is 14.3. The zero-order valence-corrected chi connectivity index (χ0v) is 20.2. The second-order valence-corrected chi connectivity index (χ2v) is 10.0. The summed E-state index contributed by atoms with van der Waals surface area (Å²) in [5.74, 6) is -3.64. The molecule has 3 aromatic rings. The van der Waals surface area contributed by atoms with E-state index in [1.54, 1.807) is 38.1 Å². The van der Waals surface area contributed by atoms with Crippen molar-refractivity contribution >= 4 is 29.3 Å². The molecule has 1 saturated heterocycles. The van der Waals surface area contributed by atoms with E-state index >= 15 is 0 Å². The predicted molar refractivity (Wildman–Crippen MR) is 133 cm³/mol. The number of anilines is 1. The van der Waals surface area contributed by atoms with E-state index in [0.717, 1.165) is 27.2 Å². The molecule has 1 fully saturated rings. The van der Waals surface area contributed by atoms with Gasteiger partial charge in [0.2, 0.25) is 11.8 Å². The molecule has 2 bridgehead atoms. The van der Waals surface area contributed by atoms with Gasteiger partial charge in [0.1, 0.15) is 5.78 Å². The fourth-order valence-electron chi connectivity index (χ4n) is 6.73. The molecule has 36 heavy (non-hydrogen) atoms. The minimum atomic E-state index is -1.28. The molecule has 1 heterocycles. The first-order chi connectivity index (χ1) is 17.3. The van der Waals surface area contributed by atoms with Gasteiger partial charge in [-0.3, -0.25) is 14.4 Å². The zero-order valence-electron chi connectivity index (χ0n) is 20.2. The highest BCUT2D eigenvalue weighted by Gasteiger charge is 2.70. The normalized spacial score (nSPS) is 25.4. The Labute approximate surface area is 208 Å². The number of carbonyl (C=O) groups is 4.